The van der Waals surface area contributed by atoms with Crippen LogP contribution in [0.3, 0.4) is 0 Å². The fourth-order valence-electron chi connectivity index (χ4n) is 1.82. The third-order valence-electron chi connectivity index (χ3n) is 2.29. The molecule has 0 bridgehead atoms. The molecule has 6 nitrogen and oxygen atoms in total. The molecule has 16 heavy (non-hydrogen) atoms. The molecule has 1 rings (SSSR count). The topological polar surface area (TPSA) is 67.9 Å². The van der Waals surface area contributed by atoms with Crippen LogP contribution in [0.4, 0.5) is 4.79 Å². The van der Waals surface area contributed by atoms with E-state index >= 15 is 0 Å². The highest BCUT2D eigenvalue weighted by Gasteiger charge is 2.24. The molecule has 1 fully saturated rings. The number of amides is 2. The van der Waals surface area contributed by atoms with Gasteiger partial charge in [-0.05, 0) is 13.8 Å². The summed E-state index contributed by atoms with van der Waals surface area (Å²) in [5.41, 5.74) is 0. The second-order valence-corrected chi connectivity index (χ2v) is 3.99. The van der Waals surface area contributed by atoms with Gasteiger partial charge in [0.15, 0.2) is 0 Å². The van der Waals surface area contributed by atoms with Crippen molar-refractivity contribution in [2.75, 3.05) is 26.7 Å². The zero-order valence-corrected chi connectivity index (χ0v) is 9.86. The number of ether oxygens (including phenoxy) is 2. The lowest BCUT2D eigenvalue weighted by Gasteiger charge is -2.34. The summed E-state index contributed by atoms with van der Waals surface area (Å²) in [5.74, 6) is -0.354. The van der Waals surface area contributed by atoms with E-state index in [1.54, 1.807) is 0 Å². The van der Waals surface area contributed by atoms with E-state index in [4.69, 9.17) is 4.74 Å². The summed E-state index contributed by atoms with van der Waals surface area (Å²) < 4.78 is 9.87. The predicted molar refractivity (Wildman–Crippen MR) is 57.0 cm³/mol. The molecule has 0 radical (unpaired) electrons. The number of alkyl carbamates (subject to hydrolysis) is 1. The van der Waals surface area contributed by atoms with Crippen LogP contribution in [-0.2, 0) is 14.3 Å². The van der Waals surface area contributed by atoms with E-state index in [0.717, 1.165) is 0 Å². The van der Waals surface area contributed by atoms with Gasteiger partial charge in [0.1, 0.15) is 0 Å². The van der Waals surface area contributed by atoms with Gasteiger partial charge in [0.25, 0.3) is 0 Å². The molecular formula is C10H18N2O4. The van der Waals surface area contributed by atoms with Crippen molar-refractivity contribution in [3.8, 4) is 0 Å². The Morgan fingerprint density at radius 3 is 2.44 bits per heavy atom. The van der Waals surface area contributed by atoms with Crippen LogP contribution in [-0.4, -0.2) is 55.9 Å². The molecule has 2 atom stereocenters. The van der Waals surface area contributed by atoms with E-state index in [1.165, 1.54) is 7.11 Å². The van der Waals surface area contributed by atoms with Crippen LogP contribution in [0, 0.1) is 0 Å². The summed E-state index contributed by atoms with van der Waals surface area (Å²) in [7, 11) is 1.22. The van der Waals surface area contributed by atoms with E-state index < -0.39 is 6.09 Å². The summed E-state index contributed by atoms with van der Waals surface area (Å²) in [5, 5.41) is 2.12. The van der Waals surface area contributed by atoms with Crippen LogP contribution in [0.25, 0.3) is 0 Å². The van der Waals surface area contributed by atoms with Crippen LogP contribution in [0.5, 0.6) is 0 Å². The van der Waals surface area contributed by atoms with Crippen molar-refractivity contribution in [1.29, 1.82) is 0 Å². The number of carbonyl (C=O) groups excluding carboxylic acids is 2. The van der Waals surface area contributed by atoms with Gasteiger partial charge in [-0.1, -0.05) is 0 Å². The van der Waals surface area contributed by atoms with Crippen LogP contribution in [0.15, 0.2) is 0 Å². The normalized spacial score (nSPS) is 26.2. The Morgan fingerprint density at radius 1 is 1.38 bits per heavy atom. The standard InChI is InChI=1S/C10H18N2O4/c1-7-4-12(5-8(2)16-7)6-9(13)11-10(14)15-3/h7-8H,4-6H2,1-3H3,(H,11,13,14)/t7-,8-/m0/s1. The van der Waals surface area contributed by atoms with Crippen LogP contribution < -0.4 is 5.32 Å². The molecule has 1 heterocycles. The second kappa shape index (κ2) is 5.81. The number of hydrogen-bond donors (Lipinski definition) is 1. The molecule has 1 aliphatic heterocycles. The Balaban J connectivity index is 2.35. The number of morpholine rings is 1. The molecule has 6 heteroatoms. The van der Waals surface area contributed by atoms with Gasteiger partial charge in [-0.15, -0.1) is 0 Å². The first kappa shape index (κ1) is 12.9. The first-order valence-electron chi connectivity index (χ1n) is 5.27. The van der Waals surface area contributed by atoms with Crippen molar-refractivity contribution in [3.05, 3.63) is 0 Å². The van der Waals surface area contributed by atoms with Gasteiger partial charge < -0.3 is 9.47 Å². The number of hydrogen-bond acceptors (Lipinski definition) is 5. The molecule has 0 unspecified atom stereocenters. The summed E-state index contributed by atoms with van der Waals surface area (Å²) in [4.78, 5) is 24.2. The quantitative estimate of drug-likeness (QED) is 0.722. The maximum Gasteiger partial charge on any atom is 0.413 e. The minimum atomic E-state index is -0.723. The zero-order chi connectivity index (χ0) is 12.1. The molecular weight excluding hydrogens is 212 g/mol. The minimum absolute atomic E-state index is 0.106. The fraction of sp³-hybridized carbons (Fsp3) is 0.800. The Bertz CT molecular complexity index is 260. The molecule has 0 spiro atoms. The molecule has 0 aliphatic carbocycles. The number of carbonyl (C=O) groups is 2. The maximum absolute atomic E-state index is 11.4. The molecule has 92 valence electrons. The SMILES string of the molecule is COC(=O)NC(=O)CN1C[C@H](C)O[C@@H](C)C1. The van der Waals surface area contributed by atoms with Crippen molar-refractivity contribution < 1.29 is 19.1 Å². The van der Waals surface area contributed by atoms with E-state index in [9.17, 15) is 9.59 Å². The number of imide groups is 1. The van der Waals surface area contributed by atoms with Gasteiger partial charge in [0.05, 0.1) is 25.9 Å². The lowest BCUT2D eigenvalue weighted by Crippen LogP contribution is -2.49. The number of rotatable bonds is 2. The van der Waals surface area contributed by atoms with Crippen LogP contribution in [0.1, 0.15) is 13.8 Å². The Kier molecular flexibility index (Phi) is 4.70. The largest absolute Gasteiger partial charge is 0.453 e. The number of nitrogens with one attached hydrogen (secondary N) is 1. The minimum Gasteiger partial charge on any atom is -0.453 e. The molecule has 0 aromatic carbocycles. The highest BCUT2D eigenvalue weighted by molar-refractivity contribution is 5.92. The second-order valence-electron chi connectivity index (χ2n) is 3.99. The molecule has 1 aliphatic rings. The molecule has 0 saturated carbocycles. The predicted octanol–water partition coefficient (Wildman–Crippen LogP) is -0.0218. The monoisotopic (exact) mass is 230 g/mol. The molecule has 1 saturated heterocycles. The van der Waals surface area contributed by atoms with Gasteiger partial charge in [0.2, 0.25) is 5.91 Å². The van der Waals surface area contributed by atoms with Gasteiger partial charge in [-0.25, -0.2) is 4.79 Å². The third kappa shape index (κ3) is 4.16. The van der Waals surface area contributed by atoms with Gasteiger partial charge in [0, 0.05) is 13.1 Å². The van der Waals surface area contributed by atoms with Crippen molar-refractivity contribution in [3.63, 3.8) is 0 Å². The van der Waals surface area contributed by atoms with Gasteiger partial charge >= 0.3 is 6.09 Å². The van der Waals surface area contributed by atoms with E-state index in [0.29, 0.717) is 13.1 Å². The smallest absolute Gasteiger partial charge is 0.413 e. The first-order chi connectivity index (χ1) is 7.51. The van der Waals surface area contributed by atoms with Crippen molar-refractivity contribution in [2.24, 2.45) is 0 Å². The third-order valence-corrected chi connectivity index (χ3v) is 2.29. The van der Waals surface area contributed by atoms with E-state index in [-0.39, 0.29) is 24.7 Å². The summed E-state index contributed by atoms with van der Waals surface area (Å²) >= 11 is 0. The molecule has 0 aromatic heterocycles. The Morgan fingerprint density at radius 2 is 1.94 bits per heavy atom. The molecule has 0 aromatic rings. The average Bonchev–Trinajstić information content (AvgIpc) is 2.15. The van der Waals surface area contributed by atoms with Crippen LogP contribution >= 0.6 is 0 Å². The zero-order valence-electron chi connectivity index (χ0n) is 9.86. The van der Waals surface area contributed by atoms with Gasteiger partial charge in [-0.2, -0.15) is 0 Å². The summed E-state index contributed by atoms with van der Waals surface area (Å²) in [6.45, 7) is 5.49. The van der Waals surface area contributed by atoms with Crippen molar-refractivity contribution in [2.45, 2.75) is 26.1 Å². The van der Waals surface area contributed by atoms with Crippen LogP contribution in [0.2, 0.25) is 0 Å². The first-order valence-corrected chi connectivity index (χ1v) is 5.27. The van der Waals surface area contributed by atoms with Gasteiger partial charge in [-0.3, -0.25) is 15.0 Å². The summed E-state index contributed by atoms with van der Waals surface area (Å²) in [6.07, 6.45) is -0.510. The Hall–Kier alpha value is -1.14. The van der Waals surface area contributed by atoms with Crippen molar-refractivity contribution in [1.82, 2.24) is 10.2 Å². The molecule has 1 N–H and O–H groups in total. The highest BCUT2D eigenvalue weighted by Crippen LogP contribution is 2.09. The van der Waals surface area contributed by atoms with Crippen molar-refractivity contribution >= 4 is 12.0 Å². The summed E-state index contributed by atoms with van der Waals surface area (Å²) in [6, 6.07) is 0. The number of nitrogens with zero attached hydrogens (tertiary/aromatic N) is 1. The average molecular weight is 230 g/mol. The fourth-order valence-corrected chi connectivity index (χ4v) is 1.82. The maximum atomic E-state index is 11.4. The number of methoxy groups -OCH3 is 1. The lowest BCUT2D eigenvalue weighted by atomic mass is 10.2. The lowest BCUT2D eigenvalue weighted by molar-refractivity contribution is -0.125. The highest BCUT2D eigenvalue weighted by atomic mass is 16.5. The Labute approximate surface area is 94.9 Å². The van der Waals surface area contributed by atoms with E-state index in [1.807, 2.05) is 18.7 Å². The molecule has 2 amide bonds. The van der Waals surface area contributed by atoms with E-state index in [2.05, 4.69) is 10.1 Å².